The SMILES string of the molecule is CCC(C)C1C(C)C2C(CC3C(C)C(C)C(CCC(C)C(C)C(C4C(C)C(C)C(CCC5C(C)C(C)C(C(C)C)C(C)C5C)C(C)C4C)C(C)(C)C(C)(C)C)C(C)C32C)C(C)C1C(C)CCCC(C1C(C)C(C)C(CCC2C(C)C(C)C(C(C)C)C(C)C2C)C(C)C1C)C(C)(C)C. The van der Waals surface area contributed by atoms with E-state index in [1.165, 1.54) is 70.6 Å². The van der Waals surface area contributed by atoms with Crippen LogP contribution in [0.15, 0.2) is 0 Å². The molecule has 0 radical (unpaired) electrons. The van der Waals surface area contributed by atoms with Crippen LogP contribution < -0.4 is 0 Å². The van der Waals surface area contributed by atoms with E-state index >= 15 is 0 Å². The first-order valence-electron chi connectivity index (χ1n) is 44.6. The van der Waals surface area contributed by atoms with Crippen LogP contribution in [0.5, 0.6) is 0 Å². The summed E-state index contributed by atoms with van der Waals surface area (Å²) in [5.74, 6) is 34.7. The zero-order chi connectivity index (χ0) is 73.6. The van der Waals surface area contributed by atoms with Gasteiger partial charge in [0.05, 0.1) is 0 Å². The van der Waals surface area contributed by atoms with Gasteiger partial charge >= 0.3 is 0 Å². The summed E-state index contributed by atoms with van der Waals surface area (Å²) in [6.45, 7) is 105. The summed E-state index contributed by atoms with van der Waals surface area (Å²) in [5, 5.41) is 0. The minimum Gasteiger partial charge on any atom is -0.0651 e. The quantitative estimate of drug-likeness (QED) is 0.0957. The molecular formula is C97H182. The molecule has 34 unspecified atom stereocenters. The summed E-state index contributed by atoms with van der Waals surface area (Å²) in [7, 11) is 0. The highest BCUT2D eigenvalue weighted by Crippen LogP contribution is 2.73. The second-order valence-corrected chi connectivity index (χ2v) is 45.0. The smallest absolute Gasteiger partial charge is 0.0233 e. The number of hydrogen-bond donors (Lipinski definition) is 0. The molecule has 0 spiro atoms. The van der Waals surface area contributed by atoms with Crippen molar-refractivity contribution in [3.63, 3.8) is 0 Å². The molecule has 0 amide bonds. The van der Waals surface area contributed by atoms with Gasteiger partial charge < -0.3 is 0 Å². The number of hydrogen-bond acceptors (Lipinski definition) is 0. The molecule has 97 heavy (non-hydrogen) atoms. The molecule has 7 aliphatic rings. The molecule has 0 aliphatic heterocycles. The summed E-state index contributed by atoms with van der Waals surface area (Å²) in [4.78, 5) is 0. The molecule has 0 heteroatoms. The Labute approximate surface area is 613 Å². The molecule has 7 rings (SSSR count). The summed E-state index contributed by atoms with van der Waals surface area (Å²) >= 11 is 0. The van der Waals surface area contributed by atoms with E-state index in [1.54, 1.807) is 0 Å². The highest BCUT2D eigenvalue weighted by molar-refractivity contribution is 5.15. The second kappa shape index (κ2) is 32.2. The van der Waals surface area contributed by atoms with Crippen LogP contribution in [0.2, 0.25) is 0 Å². The maximum absolute atomic E-state index is 2.95. The van der Waals surface area contributed by atoms with E-state index in [1.807, 2.05) is 0 Å². The molecule has 7 fully saturated rings. The van der Waals surface area contributed by atoms with E-state index < -0.39 is 0 Å². The molecule has 0 saturated heterocycles. The highest BCUT2D eigenvalue weighted by Gasteiger charge is 2.67. The Morgan fingerprint density at radius 3 is 1.05 bits per heavy atom. The third kappa shape index (κ3) is 15.5. The van der Waals surface area contributed by atoms with Gasteiger partial charge in [0.1, 0.15) is 0 Å². The standard InChI is InChI=1S/C97H182/c1-40-53(6)88-76(29)92-83(75(28)89(88)55(8)42-41-43-84(94(31,32)33)90-71(24)62(15)80(63(16)72(90)25)48-46-78-58(11)67(20)86(51(2)3)68(21)59(78)12)50-85-66(19)57(10)82(77(30)97(85,92)39)45-44-54(7)56(9)93(96(37,38)95(34,35)36)91-73(26)64(17)81(65(18)74(91)27)49-47-79-60(13)69(22)87(52(4)5)70(23)61(79)14/h51-93H,40-50H2,1-39H3. The lowest BCUT2D eigenvalue weighted by Crippen LogP contribution is -2.55. The van der Waals surface area contributed by atoms with Crippen LogP contribution in [0, 0.1) is 276 Å². The van der Waals surface area contributed by atoms with Gasteiger partial charge in [0, 0.05) is 0 Å². The largest absolute Gasteiger partial charge is 0.0651 e. The lowest BCUT2D eigenvalue weighted by atomic mass is 9.44. The summed E-state index contributed by atoms with van der Waals surface area (Å²) < 4.78 is 0. The van der Waals surface area contributed by atoms with Crippen molar-refractivity contribution >= 4 is 0 Å². The van der Waals surface area contributed by atoms with Gasteiger partial charge in [-0.05, 0) is 321 Å². The number of fused-ring (bicyclic) bond motifs is 3. The van der Waals surface area contributed by atoms with Gasteiger partial charge in [-0.25, -0.2) is 0 Å². The van der Waals surface area contributed by atoms with Gasteiger partial charge in [0.25, 0.3) is 0 Å². The minimum atomic E-state index is 0.229. The van der Waals surface area contributed by atoms with Crippen molar-refractivity contribution in [1.29, 1.82) is 0 Å². The second-order valence-electron chi connectivity index (χ2n) is 45.0. The fraction of sp³-hybridized carbons (Fsp3) is 1.00. The molecule has 0 bridgehead atoms. The van der Waals surface area contributed by atoms with Crippen LogP contribution in [-0.2, 0) is 0 Å². The third-order valence-electron chi connectivity index (χ3n) is 39.6. The van der Waals surface area contributed by atoms with E-state index in [0.717, 1.165) is 243 Å². The molecule has 34 atom stereocenters. The first-order valence-corrected chi connectivity index (χ1v) is 44.6. The summed E-state index contributed by atoms with van der Waals surface area (Å²) in [6.07, 6.45) is 15.7. The minimum absolute atomic E-state index is 0.229. The van der Waals surface area contributed by atoms with Crippen LogP contribution in [0.4, 0.5) is 0 Å². The molecule has 0 N–H and O–H groups in total. The molecule has 7 aliphatic carbocycles. The molecule has 0 aromatic heterocycles. The van der Waals surface area contributed by atoms with Crippen molar-refractivity contribution in [2.24, 2.45) is 276 Å². The normalized spacial score (nSPS) is 49.0. The Morgan fingerprint density at radius 1 is 0.351 bits per heavy atom. The fourth-order valence-electron chi connectivity index (χ4n) is 31.4. The van der Waals surface area contributed by atoms with Gasteiger partial charge in [-0.2, -0.15) is 0 Å². The van der Waals surface area contributed by atoms with Crippen LogP contribution in [-0.4, -0.2) is 0 Å². The molecule has 0 aromatic carbocycles. The number of rotatable bonds is 23. The first kappa shape index (κ1) is 84.3. The maximum Gasteiger partial charge on any atom is -0.0233 e. The van der Waals surface area contributed by atoms with Crippen molar-refractivity contribution in [2.45, 2.75) is 341 Å². The predicted octanol–water partition coefficient (Wildman–Crippen LogP) is 29.6. The Balaban J connectivity index is 1.04. The first-order chi connectivity index (χ1) is 44.6. The Morgan fingerprint density at radius 2 is 0.701 bits per heavy atom. The van der Waals surface area contributed by atoms with Crippen LogP contribution >= 0.6 is 0 Å². The van der Waals surface area contributed by atoms with E-state index in [4.69, 9.17) is 0 Å². The van der Waals surface area contributed by atoms with Gasteiger partial charge in [-0.15, -0.1) is 0 Å². The molecule has 0 nitrogen and oxygen atoms in total. The lowest BCUT2D eigenvalue weighted by Gasteiger charge is -2.61. The van der Waals surface area contributed by atoms with Crippen molar-refractivity contribution < 1.29 is 0 Å². The molecule has 0 aromatic rings. The fourth-order valence-corrected chi connectivity index (χ4v) is 31.4. The van der Waals surface area contributed by atoms with Crippen molar-refractivity contribution in [2.75, 3.05) is 0 Å². The van der Waals surface area contributed by atoms with E-state index in [9.17, 15) is 0 Å². The average Bonchev–Trinajstić information content (AvgIpc) is 1.56. The van der Waals surface area contributed by atoms with Crippen LogP contribution in [0.1, 0.15) is 341 Å². The maximum atomic E-state index is 2.95. The Kier molecular flexibility index (Phi) is 28.0. The van der Waals surface area contributed by atoms with E-state index in [-0.39, 0.29) is 10.8 Å². The van der Waals surface area contributed by atoms with Crippen molar-refractivity contribution in [3.8, 4) is 0 Å². The van der Waals surface area contributed by atoms with Gasteiger partial charge in [-0.1, -0.05) is 296 Å². The lowest BCUT2D eigenvalue weighted by molar-refractivity contribution is -0.129. The molecular weight excluding hydrogens is 1170 g/mol. The van der Waals surface area contributed by atoms with Crippen LogP contribution in [0.25, 0.3) is 0 Å². The molecule has 570 valence electrons. The van der Waals surface area contributed by atoms with Gasteiger partial charge in [0.2, 0.25) is 0 Å². The zero-order valence-electron chi connectivity index (χ0n) is 73.6. The third-order valence-corrected chi connectivity index (χ3v) is 39.6. The molecule has 7 saturated carbocycles. The highest BCUT2D eigenvalue weighted by atomic mass is 14.7. The monoisotopic (exact) mass is 1350 g/mol. The average molecular weight is 1350 g/mol. The Hall–Kier alpha value is 0. The van der Waals surface area contributed by atoms with E-state index in [2.05, 4.69) is 270 Å². The van der Waals surface area contributed by atoms with Gasteiger partial charge in [0.15, 0.2) is 0 Å². The van der Waals surface area contributed by atoms with Crippen LogP contribution in [0.3, 0.4) is 0 Å². The Bertz CT molecular complexity index is 2320. The van der Waals surface area contributed by atoms with E-state index in [0.29, 0.717) is 22.7 Å². The van der Waals surface area contributed by atoms with Crippen molar-refractivity contribution in [1.82, 2.24) is 0 Å². The zero-order valence-corrected chi connectivity index (χ0v) is 73.6. The topological polar surface area (TPSA) is 0 Å². The predicted molar refractivity (Wildman–Crippen MR) is 432 cm³/mol. The summed E-state index contributed by atoms with van der Waals surface area (Å²) in [6, 6.07) is 0. The van der Waals surface area contributed by atoms with Gasteiger partial charge in [-0.3, -0.25) is 0 Å². The van der Waals surface area contributed by atoms with Crippen molar-refractivity contribution in [3.05, 3.63) is 0 Å². The summed E-state index contributed by atoms with van der Waals surface area (Å²) in [5.41, 5.74) is 1.20. The molecule has 0 heterocycles.